The molecule has 2 amide bonds. The second-order valence-corrected chi connectivity index (χ2v) is 6.58. The van der Waals surface area contributed by atoms with Gasteiger partial charge in [-0.3, -0.25) is 14.6 Å². The van der Waals surface area contributed by atoms with Crippen LogP contribution < -0.4 is 16.4 Å². The zero-order chi connectivity index (χ0) is 18.3. The molecule has 4 rings (SSSR count). The number of hydrogen-bond acceptors (Lipinski definition) is 4. The molecule has 3 aromatic rings. The molecule has 26 heavy (non-hydrogen) atoms. The molecular weight excluding hydrogens is 334 g/mol. The Bertz CT molecular complexity index is 1030. The molecular formula is C18H21N5O3. The van der Waals surface area contributed by atoms with Crippen LogP contribution in [0.1, 0.15) is 36.9 Å². The number of carbonyl (C=O) groups excluding carboxylic acids is 1. The van der Waals surface area contributed by atoms with E-state index < -0.39 is 5.76 Å². The highest BCUT2D eigenvalue weighted by Crippen LogP contribution is 2.40. The first kappa shape index (κ1) is 16.4. The SMILES string of the molecule is CCn1nc(NC(=O)NCc2ccc3c(c2)oc(=O)n3C)cc1C1CC1. The number of benzene rings is 1. The number of nitrogens with one attached hydrogen (secondary N) is 2. The van der Waals surface area contributed by atoms with Crippen molar-refractivity contribution in [3.63, 3.8) is 0 Å². The van der Waals surface area contributed by atoms with Crippen LogP contribution in [0, 0.1) is 0 Å². The molecule has 0 unspecified atom stereocenters. The van der Waals surface area contributed by atoms with Gasteiger partial charge in [-0.2, -0.15) is 5.10 Å². The quantitative estimate of drug-likeness (QED) is 0.735. The van der Waals surface area contributed by atoms with Crippen LogP contribution in [0.25, 0.3) is 11.1 Å². The van der Waals surface area contributed by atoms with Crippen molar-refractivity contribution in [2.75, 3.05) is 5.32 Å². The van der Waals surface area contributed by atoms with Crippen LogP contribution in [0.5, 0.6) is 0 Å². The number of hydrogen-bond donors (Lipinski definition) is 2. The Kier molecular flexibility index (Phi) is 4.02. The predicted molar refractivity (Wildman–Crippen MR) is 97.2 cm³/mol. The molecule has 1 aromatic carbocycles. The van der Waals surface area contributed by atoms with E-state index in [1.807, 2.05) is 23.7 Å². The summed E-state index contributed by atoms with van der Waals surface area (Å²) in [6, 6.07) is 7.05. The third kappa shape index (κ3) is 3.10. The van der Waals surface area contributed by atoms with Gasteiger partial charge in [-0.1, -0.05) is 6.07 Å². The number of nitrogens with zero attached hydrogens (tertiary/aromatic N) is 3. The van der Waals surface area contributed by atoms with E-state index in [1.165, 1.54) is 23.1 Å². The Morgan fingerprint density at radius 3 is 2.88 bits per heavy atom. The molecule has 1 aliphatic carbocycles. The highest BCUT2D eigenvalue weighted by atomic mass is 16.4. The molecule has 0 bridgehead atoms. The maximum absolute atomic E-state index is 12.2. The van der Waals surface area contributed by atoms with Crippen LogP contribution >= 0.6 is 0 Å². The van der Waals surface area contributed by atoms with E-state index in [2.05, 4.69) is 15.7 Å². The van der Waals surface area contributed by atoms with Gasteiger partial charge in [0, 0.05) is 37.8 Å². The first-order chi connectivity index (χ1) is 12.5. The minimum Gasteiger partial charge on any atom is -0.408 e. The lowest BCUT2D eigenvalue weighted by molar-refractivity contribution is 0.251. The van der Waals surface area contributed by atoms with E-state index in [4.69, 9.17) is 4.42 Å². The standard InChI is InChI=1S/C18H21N5O3/c1-3-23-14(12-5-6-12)9-16(21-23)20-17(24)19-10-11-4-7-13-15(8-11)26-18(25)22(13)2/h4,7-9,12H,3,5-6,10H2,1-2H3,(H2,19,20,21,24). The van der Waals surface area contributed by atoms with E-state index in [1.54, 1.807) is 19.2 Å². The molecule has 1 aliphatic rings. The summed E-state index contributed by atoms with van der Waals surface area (Å²) in [5.74, 6) is 0.741. The first-order valence-electron chi connectivity index (χ1n) is 8.76. The summed E-state index contributed by atoms with van der Waals surface area (Å²) in [5, 5.41) is 10.0. The minimum atomic E-state index is -0.402. The number of oxazole rings is 1. The maximum atomic E-state index is 12.2. The van der Waals surface area contributed by atoms with Crippen molar-refractivity contribution in [1.82, 2.24) is 19.7 Å². The number of amides is 2. The first-order valence-corrected chi connectivity index (χ1v) is 8.76. The van der Waals surface area contributed by atoms with Crippen molar-refractivity contribution in [3.8, 4) is 0 Å². The smallest absolute Gasteiger partial charge is 0.408 e. The fraction of sp³-hybridized carbons (Fsp3) is 0.389. The van der Waals surface area contributed by atoms with E-state index >= 15 is 0 Å². The Balaban J connectivity index is 1.40. The van der Waals surface area contributed by atoms with E-state index in [0.717, 1.165) is 17.6 Å². The van der Waals surface area contributed by atoms with Crippen LogP contribution in [0.4, 0.5) is 10.6 Å². The largest absolute Gasteiger partial charge is 0.419 e. The summed E-state index contributed by atoms with van der Waals surface area (Å²) < 4.78 is 8.55. The van der Waals surface area contributed by atoms with Gasteiger partial charge in [0.25, 0.3) is 0 Å². The van der Waals surface area contributed by atoms with Gasteiger partial charge in [0.1, 0.15) is 0 Å². The fourth-order valence-electron chi connectivity index (χ4n) is 3.08. The summed E-state index contributed by atoms with van der Waals surface area (Å²) in [4.78, 5) is 23.7. The number of aryl methyl sites for hydroxylation is 2. The fourth-order valence-corrected chi connectivity index (χ4v) is 3.08. The second-order valence-electron chi connectivity index (χ2n) is 6.58. The van der Waals surface area contributed by atoms with E-state index in [0.29, 0.717) is 23.9 Å². The maximum Gasteiger partial charge on any atom is 0.419 e. The van der Waals surface area contributed by atoms with Gasteiger partial charge in [0.15, 0.2) is 11.4 Å². The topological polar surface area (TPSA) is 94.1 Å². The lowest BCUT2D eigenvalue weighted by atomic mass is 10.2. The Hall–Kier alpha value is -3.03. The number of anilines is 1. The van der Waals surface area contributed by atoms with Crippen molar-refractivity contribution in [2.45, 2.75) is 38.8 Å². The van der Waals surface area contributed by atoms with Gasteiger partial charge in [-0.15, -0.1) is 0 Å². The summed E-state index contributed by atoms with van der Waals surface area (Å²) >= 11 is 0. The number of carbonyl (C=O) groups is 1. The molecule has 0 aliphatic heterocycles. The number of fused-ring (bicyclic) bond motifs is 1. The van der Waals surface area contributed by atoms with E-state index in [-0.39, 0.29) is 6.03 Å². The molecule has 0 radical (unpaired) electrons. The summed E-state index contributed by atoms with van der Waals surface area (Å²) in [6.07, 6.45) is 2.38. The van der Waals surface area contributed by atoms with Crippen LogP contribution in [0.2, 0.25) is 0 Å². The van der Waals surface area contributed by atoms with Gasteiger partial charge in [0.2, 0.25) is 0 Å². The third-order valence-electron chi connectivity index (χ3n) is 4.66. The van der Waals surface area contributed by atoms with Gasteiger partial charge in [0.05, 0.1) is 5.52 Å². The van der Waals surface area contributed by atoms with Crippen molar-refractivity contribution < 1.29 is 9.21 Å². The van der Waals surface area contributed by atoms with Gasteiger partial charge >= 0.3 is 11.8 Å². The van der Waals surface area contributed by atoms with E-state index in [9.17, 15) is 9.59 Å². The van der Waals surface area contributed by atoms with Gasteiger partial charge in [-0.25, -0.2) is 9.59 Å². The summed E-state index contributed by atoms with van der Waals surface area (Å²) in [7, 11) is 1.66. The molecule has 1 saturated carbocycles. The average Bonchev–Trinajstić information content (AvgIpc) is 3.34. The third-order valence-corrected chi connectivity index (χ3v) is 4.66. The number of rotatable bonds is 5. The molecule has 2 aromatic heterocycles. The number of aromatic nitrogens is 3. The Labute approximate surface area is 149 Å². The molecule has 136 valence electrons. The Morgan fingerprint density at radius 1 is 1.35 bits per heavy atom. The molecule has 0 atom stereocenters. The molecule has 0 spiro atoms. The Morgan fingerprint density at radius 2 is 2.15 bits per heavy atom. The molecule has 1 fully saturated rings. The van der Waals surface area contributed by atoms with Crippen molar-refractivity contribution in [2.24, 2.45) is 7.05 Å². The molecule has 2 N–H and O–H groups in total. The molecule has 0 saturated heterocycles. The van der Waals surface area contributed by atoms with Crippen LogP contribution in [-0.2, 0) is 20.1 Å². The molecule has 2 heterocycles. The van der Waals surface area contributed by atoms with Crippen molar-refractivity contribution in [3.05, 3.63) is 46.1 Å². The lowest BCUT2D eigenvalue weighted by Gasteiger charge is -2.06. The normalized spacial score (nSPS) is 13.9. The van der Waals surface area contributed by atoms with Crippen molar-refractivity contribution >= 4 is 22.9 Å². The summed E-state index contributed by atoms with van der Waals surface area (Å²) in [5.41, 5.74) is 3.26. The van der Waals surface area contributed by atoms with Crippen LogP contribution in [-0.4, -0.2) is 20.4 Å². The highest BCUT2D eigenvalue weighted by Gasteiger charge is 2.28. The lowest BCUT2D eigenvalue weighted by Crippen LogP contribution is -2.28. The predicted octanol–water partition coefficient (Wildman–Crippen LogP) is 2.55. The van der Waals surface area contributed by atoms with Crippen LogP contribution in [0.3, 0.4) is 0 Å². The highest BCUT2D eigenvalue weighted by molar-refractivity contribution is 5.88. The van der Waals surface area contributed by atoms with Crippen LogP contribution in [0.15, 0.2) is 33.5 Å². The average molecular weight is 355 g/mol. The monoisotopic (exact) mass is 355 g/mol. The van der Waals surface area contributed by atoms with Gasteiger partial charge in [-0.05, 0) is 37.5 Å². The zero-order valence-electron chi connectivity index (χ0n) is 14.8. The second kappa shape index (κ2) is 6.36. The number of urea groups is 1. The molecule has 8 nitrogen and oxygen atoms in total. The zero-order valence-corrected chi connectivity index (χ0v) is 14.8. The molecule has 8 heteroatoms. The van der Waals surface area contributed by atoms with Gasteiger partial charge < -0.3 is 9.73 Å². The minimum absolute atomic E-state index is 0.317. The summed E-state index contributed by atoms with van der Waals surface area (Å²) in [6.45, 7) is 3.16. The van der Waals surface area contributed by atoms with Crippen molar-refractivity contribution in [1.29, 1.82) is 0 Å².